The van der Waals surface area contributed by atoms with Crippen LogP contribution in [0.5, 0.6) is 0 Å². The van der Waals surface area contributed by atoms with Crippen molar-refractivity contribution in [1.82, 2.24) is 4.98 Å². The van der Waals surface area contributed by atoms with Crippen LogP contribution in [-0.4, -0.2) is 10.8 Å². The van der Waals surface area contributed by atoms with Gasteiger partial charge in [-0.05, 0) is 17.7 Å². The van der Waals surface area contributed by atoms with Crippen molar-refractivity contribution in [3.05, 3.63) is 78.0 Å². The summed E-state index contributed by atoms with van der Waals surface area (Å²) in [6, 6.07) is 19.6. The summed E-state index contributed by atoms with van der Waals surface area (Å²) in [6.45, 7) is 1.94. The van der Waals surface area contributed by atoms with Crippen molar-refractivity contribution in [2.45, 2.75) is 12.8 Å². The summed E-state index contributed by atoms with van der Waals surface area (Å²) in [7, 11) is 0. The van der Waals surface area contributed by atoms with Gasteiger partial charge in [-0.2, -0.15) is 0 Å². The maximum Gasteiger partial charge on any atom is 0.171 e. The van der Waals surface area contributed by atoms with E-state index in [1.807, 2.05) is 67.6 Å². The molecule has 0 aliphatic heterocycles. The van der Waals surface area contributed by atoms with E-state index in [-0.39, 0.29) is 11.7 Å². The van der Waals surface area contributed by atoms with E-state index in [1.165, 1.54) is 0 Å². The Kier molecular flexibility index (Phi) is 3.30. The second kappa shape index (κ2) is 5.25. The Morgan fingerprint density at radius 1 is 1.00 bits per heavy atom. The average Bonchev–Trinajstić information content (AvgIpc) is 2.54. The van der Waals surface area contributed by atoms with Gasteiger partial charge < -0.3 is 0 Å². The van der Waals surface area contributed by atoms with E-state index in [0.717, 1.165) is 16.5 Å². The number of nitrogens with zero attached hydrogens (tertiary/aromatic N) is 1. The molecule has 1 atom stereocenters. The molecule has 0 saturated carbocycles. The summed E-state index contributed by atoms with van der Waals surface area (Å²) in [6.07, 6.45) is 1.67. The first kappa shape index (κ1) is 12.5. The minimum absolute atomic E-state index is 0.106. The molecule has 0 saturated heterocycles. The van der Waals surface area contributed by atoms with Crippen LogP contribution >= 0.6 is 0 Å². The number of pyridine rings is 1. The van der Waals surface area contributed by atoms with Gasteiger partial charge in [-0.15, -0.1) is 0 Å². The van der Waals surface area contributed by atoms with E-state index in [2.05, 4.69) is 4.98 Å². The van der Waals surface area contributed by atoms with Crippen LogP contribution in [0.15, 0.2) is 66.9 Å². The number of fused-ring (bicyclic) bond motifs is 1. The third kappa shape index (κ3) is 2.32. The van der Waals surface area contributed by atoms with Crippen molar-refractivity contribution < 1.29 is 4.79 Å². The number of benzene rings is 2. The first-order chi connectivity index (χ1) is 9.75. The third-order valence-corrected chi connectivity index (χ3v) is 3.57. The predicted octanol–water partition coefficient (Wildman–Crippen LogP) is 4.22. The molecule has 0 radical (unpaired) electrons. The van der Waals surface area contributed by atoms with Crippen LogP contribution in [0.2, 0.25) is 0 Å². The number of aromatic nitrogens is 1. The third-order valence-electron chi connectivity index (χ3n) is 3.57. The lowest BCUT2D eigenvalue weighted by Gasteiger charge is -2.11. The monoisotopic (exact) mass is 261 g/mol. The fourth-order valence-electron chi connectivity index (χ4n) is 2.35. The molecule has 2 aromatic carbocycles. The summed E-state index contributed by atoms with van der Waals surface area (Å²) in [5.41, 5.74) is 2.61. The highest BCUT2D eigenvalue weighted by Gasteiger charge is 2.17. The van der Waals surface area contributed by atoms with Gasteiger partial charge in [0.1, 0.15) is 0 Å². The molecular weight excluding hydrogens is 246 g/mol. The average molecular weight is 261 g/mol. The van der Waals surface area contributed by atoms with Gasteiger partial charge in [-0.1, -0.05) is 55.5 Å². The Hall–Kier alpha value is -2.48. The van der Waals surface area contributed by atoms with Crippen LogP contribution in [0.4, 0.5) is 0 Å². The molecule has 0 aliphatic rings. The molecule has 3 rings (SSSR count). The molecule has 1 heterocycles. The summed E-state index contributed by atoms with van der Waals surface area (Å²) in [5, 5.41) is 0.999. The van der Waals surface area contributed by atoms with Gasteiger partial charge in [0.2, 0.25) is 0 Å². The minimum Gasteiger partial charge on any atom is -0.293 e. The zero-order valence-electron chi connectivity index (χ0n) is 11.3. The molecule has 3 aromatic rings. The fourth-order valence-corrected chi connectivity index (χ4v) is 2.35. The summed E-state index contributed by atoms with van der Waals surface area (Å²) in [4.78, 5) is 16.9. The number of hydrogen-bond donors (Lipinski definition) is 0. The van der Waals surface area contributed by atoms with E-state index in [9.17, 15) is 4.79 Å². The molecule has 1 unspecified atom stereocenters. The standard InChI is InChI=1S/C18H15NO/c1-13(14-7-3-2-4-8-14)18(20)16-11-15-9-5-6-10-17(15)19-12-16/h2-13H,1H3. The first-order valence-electron chi connectivity index (χ1n) is 6.69. The van der Waals surface area contributed by atoms with Crippen LogP contribution in [0.25, 0.3) is 10.9 Å². The molecule has 20 heavy (non-hydrogen) atoms. The Bertz CT molecular complexity index is 749. The molecule has 1 aromatic heterocycles. The van der Waals surface area contributed by atoms with Gasteiger partial charge in [0, 0.05) is 23.1 Å². The van der Waals surface area contributed by atoms with Crippen LogP contribution in [0.3, 0.4) is 0 Å². The van der Waals surface area contributed by atoms with Crippen LogP contribution in [0.1, 0.15) is 28.8 Å². The fraction of sp³-hybridized carbons (Fsp3) is 0.111. The summed E-state index contributed by atoms with van der Waals surface area (Å²) < 4.78 is 0. The highest BCUT2D eigenvalue weighted by molar-refractivity contribution is 6.02. The van der Waals surface area contributed by atoms with Crippen molar-refractivity contribution in [2.75, 3.05) is 0 Å². The number of para-hydroxylation sites is 1. The van der Waals surface area contributed by atoms with E-state index >= 15 is 0 Å². The second-order valence-corrected chi connectivity index (χ2v) is 4.91. The number of ketones is 1. The molecular formula is C18H15NO. The van der Waals surface area contributed by atoms with E-state index in [0.29, 0.717) is 5.56 Å². The maximum atomic E-state index is 12.5. The molecule has 0 bridgehead atoms. The van der Waals surface area contributed by atoms with Crippen molar-refractivity contribution in [3.63, 3.8) is 0 Å². The quantitative estimate of drug-likeness (QED) is 0.661. The highest BCUT2D eigenvalue weighted by Crippen LogP contribution is 2.21. The maximum absolute atomic E-state index is 12.5. The number of carbonyl (C=O) groups is 1. The van der Waals surface area contributed by atoms with Gasteiger partial charge in [0.25, 0.3) is 0 Å². The van der Waals surface area contributed by atoms with Crippen LogP contribution in [-0.2, 0) is 0 Å². The molecule has 0 spiro atoms. The lowest BCUT2D eigenvalue weighted by molar-refractivity contribution is 0.0966. The van der Waals surface area contributed by atoms with Crippen molar-refractivity contribution in [2.24, 2.45) is 0 Å². The lowest BCUT2D eigenvalue weighted by atomic mass is 9.93. The van der Waals surface area contributed by atoms with Gasteiger partial charge in [0.05, 0.1) is 5.52 Å². The Balaban J connectivity index is 1.96. The van der Waals surface area contributed by atoms with Gasteiger partial charge in [0.15, 0.2) is 5.78 Å². The number of carbonyl (C=O) groups excluding carboxylic acids is 1. The molecule has 98 valence electrons. The van der Waals surface area contributed by atoms with E-state index in [1.54, 1.807) is 6.20 Å². The van der Waals surface area contributed by atoms with Gasteiger partial charge >= 0.3 is 0 Å². The van der Waals surface area contributed by atoms with E-state index in [4.69, 9.17) is 0 Å². The van der Waals surface area contributed by atoms with Gasteiger partial charge in [-0.25, -0.2) is 0 Å². The minimum atomic E-state index is -0.154. The number of Topliss-reactive ketones (excluding diaryl/α,β-unsaturated/α-hetero) is 1. The van der Waals surface area contributed by atoms with Crippen LogP contribution in [0, 0.1) is 0 Å². The number of hydrogen-bond acceptors (Lipinski definition) is 2. The molecule has 0 N–H and O–H groups in total. The predicted molar refractivity (Wildman–Crippen MR) is 80.9 cm³/mol. The van der Waals surface area contributed by atoms with Crippen molar-refractivity contribution >= 4 is 16.7 Å². The molecule has 0 amide bonds. The smallest absolute Gasteiger partial charge is 0.171 e. The zero-order chi connectivity index (χ0) is 13.9. The van der Waals surface area contributed by atoms with Crippen LogP contribution < -0.4 is 0 Å². The lowest BCUT2D eigenvalue weighted by Crippen LogP contribution is -2.09. The zero-order valence-corrected chi connectivity index (χ0v) is 11.3. The molecule has 0 fully saturated rings. The summed E-state index contributed by atoms with van der Waals surface area (Å²) in [5.74, 6) is -0.0476. The second-order valence-electron chi connectivity index (χ2n) is 4.91. The molecule has 2 nitrogen and oxygen atoms in total. The van der Waals surface area contributed by atoms with E-state index < -0.39 is 0 Å². The SMILES string of the molecule is CC(C(=O)c1cnc2ccccc2c1)c1ccccc1. The highest BCUT2D eigenvalue weighted by atomic mass is 16.1. The molecule has 2 heteroatoms. The first-order valence-corrected chi connectivity index (χ1v) is 6.69. The largest absolute Gasteiger partial charge is 0.293 e. The Morgan fingerprint density at radius 3 is 2.50 bits per heavy atom. The summed E-state index contributed by atoms with van der Waals surface area (Å²) >= 11 is 0. The Labute approximate surface area is 118 Å². The van der Waals surface area contributed by atoms with Crippen molar-refractivity contribution in [3.8, 4) is 0 Å². The molecule has 0 aliphatic carbocycles. The van der Waals surface area contributed by atoms with Gasteiger partial charge in [-0.3, -0.25) is 9.78 Å². The van der Waals surface area contributed by atoms with Crippen molar-refractivity contribution in [1.29, 1.82) is 0 Å². The Morgan fingerprint density at radius 2 is 1.70 bits per heavy atom. The topological polar surface area (TPSA) is 30.0 Å². The number of rotatable bonds is 3. The normalized spacial score (nSPS) is 12.2.